The van der Waals surface area contributed by atoms with Gasteiger partial charge < -0.3 is 5.11 Å². The lowest BCUT2D eigenvalue weighted by Gasteiger charge is -2.16. The number of aromatic nitrogens is 2. The first-order chi connectivity index (χ1) is 8.02. The predicted molar refractivity (Wildman–Crippen MR) is 66.5 cm³/mol. The monoisotopic (exact) mass is 238 g/mol. The second-order valence-electron chi connectivity index (χ2n) is 4.05. The third kappa shape index (κ3) is 2.67. The number of rotatable bonds is 5. The Balaban J connectivity index is 3.40. The first kappa shape index (κ1) is 13.3. The van der Waals surface area contributed by atoms with E-state index in [1.165, 1.54) is 4.57 Å². The van der Waals surface area contributed by atoms with Gasteiger partial charge in [-0.05, 0) is 19.8 Å². The van der Waals surface area contributed by atoms with Gasteiger partial charge in [-0.1, -0.05) is 19.4 Å². The van der Waals surface area contributed by atoms with Crippen molar-refractivity contribution in [3.63, 3.8) is 0 Å². The lowest BCUT2D eigenvalue weighted by molar-refractivity contribution is 0.365. The summed E-state index contributed by atoms with van der Waals surface area (Å²) in [7, 11) is 0. The number of allylic oxidation sites excluding steroid dienone is 1. The largest absolute Gasteiger partial charge is 0.494 e. The van der Waals surface area contributed by atoms with Crippen LogP contribution in [0.4, 0.5) is 0 Å². The maximum absolute atomic E-state index is 11.6. The number of hydrogen-bond acceptors (Lipinski definition) is 3. The van der Waals surface area contributed by atoms with Crippen molar-refractivity contribution in [1.82, 2.24) is 9.55 Å². The van der Waals surface area contributed by atoms with Crippen LogP contribution in [0, 0.1) is 0 Å². The standard InChI is InChI=1S/C12H18N2O3/c1-4-6-8(3)14-11(16)9(7-5-2)10(15)13-12(14)17/h4,8,16H,1,5-7H2,2-3H3,(H,13,15,17). The lowest BCUT2D eigenvalue weighted by atomic mass is 10.1. The molecule has 0 aliphatic carbocycles. The SMILES string of the molecule is C=CCC(C)n1c(O)c(CCC)c(=O)[nH]c1=O. The number of nitrogens with one attached hydrogen (secondary N) is 1. The molecule has 1 aromatic rings. The van der Waals surface area contributed by atoms with Crippen LogP contribution in [0.15, 0.2) is 22.2 Å². The highest BCUT2D eigenvalue weighted by Crippen LogP contribution is 2.19. The topological polar surface area (TPSA) is 75.1 Å². The molecule has 94 valence electrons. The van der Waals surface area contributed by atoms with E-state index < -0.39 is 11.2 Å². The van der Waals surface area contributed by atoms with Crippen LogP contribution in [0.1, 0.15) is 38.3 Å². The van der Waals surface area contributed by atoms with Crippen molar-refractivity contribution in [1.29, 1.82) is 0 Å². The fraction of sp³-hybridized carbons (Fsp3) is 0.500. The van der Waals surface area contributed by atoms with Crippen molar-refractivity contribution in [3.8, 4) is 5.88 Å². The summed E-state index contributed by atoms with van der Waals surface area (Å²) in [5, 5.41) is 9.99. The minimum atomic E-state index is -0.582. The van der Waals surface area contributed by atoms with Gasteiger partial charge in [-0.25, -0.2) is 4.79 Å². The Morgan fingerprint density at radius 2 is 2.18 bits per heavy atom. The first-order valence-corrected chi connectivity index (χ1v) is 5.70. The average Bonchev–Trinajstić information content (AvgIpc) is 2.24. The third-order valence-corrected chi connectivity index (χ3v) is 2.66. The van der Waals surface area contributed by atoms with E-state index in [9.17, 15) is 14.7 Å². The molecule has 5 heteroatoms. The minimum absolute atomic E-state index is 0.227. The zero-order valence-electron chi connectivity index (χ0n) is 10.2. The zero-order chi connectivity index (χ0) is 13.0. The summed E-state index contributed by atoms with van der Waals surface area (Å²) < 4.78 is 1.20. The van der Waals surface area contributed by atoms with Crippen molar-refractivity contribution in [2.75, 3.05) is 0 Å². The van der Waals surface area contributed by atoms with Gasteiger partial charge in [0.2, 0.25) is 5.88 Å². The number of H-pyrrole nitrogens is 1. The molecule has 1 aromatic heterocycles. The van der Waals surface area contributed by atoms with Crippen LogP contribution in [-0.2, 0) is 6.42 Å². The Bertz CT molecular complexity index is 513. The molecule has 5 nitrogen and oxygen atoms in total. The highest BCUT2D eigenvalue weighted by molar-refractivity contribution is 5.23. The van der Waals surface area contributed by atoms with E-state index in [4.69, 9.17) is 0 Å². The van der Waals surface area contributed by atoms with Crippen LogP contribution in [0.3, 0.4) is 0 Å². The van der Waals surface area contributed by atoms with Gasteiger partial charge in [-0.3, -0.25) is 14.3 Å². The Kier molecular flexibility index (Phi) is 4.31. The minimum Gasteiger partial charge on any atom is -0.494 e. The second kappa shape index (κ2) is 5.52. The molecule has 0 aromatic carbocycles. The van der Waals surface area contributed by atoms with Gasteiger partial charge in [0, 0.05) is 6.04 Å². The van der Waals surface area contributed by atoms with E-state index in [0.717, 1.165) is 6.42 Å². The molecule has 0 aliphatic rings. The summed E-state index contributed by atoms with van der Waals surface area (Å²) in [4.78, 5) is 25.4. The number of aromatic amines is 1. The second-order valence-corrected chi connectivity index (χ2v) is 4.05. The number of hydrogen-bond donors (Lipinski definition) is 2. The molecule has 0 saturated carbocycles. The fourth-order valence-corrected chi connectivity index (χ4v) is 1.81. The summed E-state index contributed by atoms with van der Waals surface area (Å²) in [6, 6.07) is -0.229. The van der Waals surface area contributed by atoms with Gasteiger partial charge >= 0.3 is 5.69 Å². The first-order valence-electron chi connectivity index (χ1n) is 5.70. The molecule has 0 radical (unpaired) electrons. The van der Waals surface area contributed by atoms with Crippen molar-refractivity contribution in [3.05, 3.63) is 39.1 Å². The molecule has 0 fully saturated rings. The highest BCUT2D eigenvalue weighted by Gasteiger charge is 2.16. The maximum atomic E-state index is 11.6. The molecule has 17 heavy (non-hydrogen) atoms. The van der Waals surface area contributed by atoms with Gasteiger partial charge in [-0.15, -0.1) is 6.58 Å². The van der Waals surface area contributed by atoms with Crippen LogP contribution in [0.25, 0.3) is 0 Å². The van der Waals surface area contributed by atoms with E-state index in [1.54, 1.807) is 13.0 Å². The molecular weight excluding hydrogens is 220 g/mol. The Hall–Kier alpha value is -1.78. The van der Waals surface area contributed by atoms with Crippen molar-refractivity contribution < 1.29 is 5.11 Å². The van der Waals surface area contributed by atoms with Gasteiger partial charge in [0.1, 0.15) is 0 Å². The zero-order valence-corrected chi connectivity index (χ0v) is 10.2. The Morgan fingerprint density at radius 1 is 1.53 bits per heavy atom. The van der Waals surface area contributed by atoms with E-state index in [2.05, 4.69) is 11.6 Å². The Morgan fingerprint density at radius 3 is 2.71 bits per heavy atom. The van der Waals surface area contributed by atoms with E-state index >= 15 is 0 Å². The predicted octanol–water partition coefficient (Wildman–Crippen LogP) is 1.33. The van der Waals surface area contributed by atoms with Gasteiger partial charge in [0.25, 0.3) is 5.56 Å². The van der Waals surface area contributed by atoms with Crippen LogP contribution < -0.4 is 11.2 Å². The summed E-state index contributed by atoms with van der Waals surface area (Å²) in [6.45, 7) is 7.29. The molecular formula is C12H18N2O3. The summed E-state index contributed by atoms with van der Waals surface area (Å²) >= 11 is 0. The molecule has 2 N–H and O–H groups in total. The van der Waals surface area contributed by atoms with Crippen LogP contribution in [0.2, 0.25) is 0 Å². The molecule has 1 atom stereocenters. The normalized spacial score (nSPS) is 12.4. The van der Waals surface area contributed by atoms with Gasteiger partial charge in [-0.2, -0.15) is 0 Å². The molecule has 1 heterocycles. The van der Waals surface area contributed by atoms with Crippen LogP contribution >= 0.6 is 0 Å². The fourth-order valence-electron chi connectivity index (χ4n) is 1.81. The average molecular weight is 238 g/mol. The molecule has 1 unspecified atom stereocenters. The molecule has 0 amide bonds. The lowest BCUT2D eigenvalue weighted by Crippen LogP contribution is -2.33. The third-order valence-electron chi connectivity index (χ3n) is 2.66. The highest BCUT2D eigenvalue weighted by atomic mass is 16.3. The van der Waals surface area contributed by atoms with Gasteiger partial charge in [0.05, 0.1) is 5.56 Å². The van der Waals surface area contributed by atoms with Crippen molar-refractivity contribution in [2.24, 2.45) is 0 Å². The summed E-state index contributed by atoms with van der Waals surface area (Å²) in [6.07, 6.45) is 3.39. The molecule has 0 aliphatic heterocycles. The number of nitrogens with zero attached hydrogens (tertiary/aromatic N) is 1. The molecule has 1 rings (SSSR count). The van der Waals surface area contributed by atoms with Crippen molar-refractivity contribution in [2.45, 2.75) is 39.2 Å². The number of aromatic hydroxyl groups is 1. The van der Waals surface area contributed by atoms with Gasteiger partial charge in [0.15, 0.2) is 0 Å². The quantitative estimate of drug-likeness (QED) is 0.760. The molecule has 0 spiro atoms. The van der Waals surface area contributed by atoms with E-state index in [-0.39, 0.29) is 17.5 Å². The summed E-state index contributed by atoms with van der Waals surface area (Å²) in [5.74, 6) is -0.227. The Labute approximate surface area is 99.4 Å². The smallest absolute Gasteiger partial charge is 0.331 e. The van der Waals surface area contributed by atoms with E-state index in [0.29, 0.717) is 12.8 Å². The van der Waals surface area contributed by atoms with Crippen molar-refractivity contribution >= 4 is 0 Å². The summed E-state index contributed by atoms with van der Waals surface area (Å²) in [5.41, 5.74) is -0.818. The molecule has 0 saturated heterocycles. The van der Waals surface area contributed by atoms with Crippen LogP contribution in [0.5, 0.6) is 5.88 Å². The van der Waals surface area contributed by atoms with E-state index in [1.807, 2.05) is 6.92 Å². The maximum Gasteiger partial charge on any atom is 0.331 e. The van der Waals surface area contributed by atoms with Crippen LogP contribution in [-0.4, -0.2) is 14.7 Å². The molecule has 0 bridgehead atoms.